The SMILES string of the molecule is CC(C)c1cccc(C(C)C)c1-n1c(-c2cc(Oc3cc(-[n+]4[c-]n(-c5c(-c6ccccc6)cccc5-c5ccccc5)c5ccccc54)cc(C(C)(C)C)c3)cc(C(C)(C)C)c2)nc2ccccc21. The number of benzene rings is 8. The summed E-state index contributed by atoms with van der Waals surface area (Å²) in [5, 5.41) is 0. The van der Waals surface area contributed by atoms with Crippen LogP contribution in [-0.2, 0) is 10.8 Å². The van der Waals surface area contributed by atoms with Gasteiger partial charge >= 0.3 is 0 Å². The summed E-state index contributed by atoms with van der Waals surface area (Å²) in [7, 11) is 0. The fourth-order valence-electron chi connectivity index (χ4n) is 9.68. The Morgan fingerprint density at radius 3 is 1.61 bits per heavy atom. The molecule has 0 unspecified atom stereocenters. The second-order valence-corrected chi connectivity index (χ2v) is 21.1. The molecule has 0 aliphatic rings. The molecule has 0 amide bonds. The van der Waals surface area contributed by atoms with E-state index in [1.807, 2.05) is 0 Å². The summed E-state index contributed by atoms with van der Waals surface area (Å²) >= 11 is 0. The maximum Gasteiger partial charge on any atom is 0.269 e. The Kier molecular flexibility index (Phi) is 11.7. The molecule has 0 atom stereocenters. The molecule has 0 bridgehead atoms. The highest BCUT2D eigenvalue weighted by Crippen LogP contribution is 2.42. The van der Waals surface area contributed by atoms with Gasteiger partial charge in [-0.15, -0.1) is 0 Å². The number of nitrogens with zero attached hydrogens (tertiary/aromatic N) is 4. The van der Waals surface area contributed by atoms with Gasteiger partial charge in [0, 0.05) is 5.56 Å². The molecule has 0 aliphatic carbocycles. The van der Waals surface area contributed by atoms with Crippen LogP contribution in [0.25, 0.3) is 72.8 Å². The van der Waals surface area contributed by atoms with E-state index < -0.39 is 0 Å². The molecule has 0 aliphatic heterocycles. The van der Waals surface area contributed by atoms with Crippen LogP contribution in [0.15, 0.2) is 182 Å². The number of fused-ring (bicyclic) bond motifs is 2. The van der Waals surface area contributed by atoms with E-state index in [1.54, 1.807) is 0 Å². The smallest absolute Gasteiger partial charge is 0.269 e. The predicted octanol–water partition coefficient (Wildman–Crippen LogP) is 16.7. The van der Waals surface area contributed by atoms with Crippen molar-refractivity contribution in [3.8, 4) is 62.2 Å². The van der Waals surface area contributed by atoms with Gasteiger partial charge in [0.2, 0.25) is 0 Å². The zero-order valence-corrected chi connectivity index (χ0v) is 41.7. The van der Waals surface area contributed by atoms with E-state index in [4.69, 9.17) is 9.72 Å². The van der Waals surface area contributed by atoms with Gasteiger partial charge in [-0.2, -0.15) is 0 Å². The zero-order valence-electron chi connectivity index (χ0n) is 41.7. The van der Waals surface area contributed by atoms with Crippen LogP contribution in [0.3, 0.4) is 0 Å². The minimum absolute atomic E-state index is 0.177. The highest BCUT2D eigenvalue weighted by molar-refractivity contribution is 5.89. The van der Waals surface area contributed by atoms with Gasteiger partial charge in [-0.3, -0.25) is 13.7 Å². The van der Waals surface area contributed by atoms with E-state index >= 15 is 0 Å². The number of para-hydroxylation sites is 6. The van der Waals surface area contributed by atoms with Gasteiger partial charge in [-0.25, -0.2) is 4.98 Å². The molecule has 344 valence electrons. The molecule has 0 fully saturated rings. The van der Waals surface area contributed by atoms with Crippen LogP contribution in [0.4, 0.5) is 0 Å². The van der Waals surface area contributed by atoms with Gasteiger partial charge in [0.1, 0.15) is 17.3 Å². The number of ether oxygens (including phenoxy) is 1. The summed E-state index contributed by atoms with van der Waals surface area (Å²) < 4.78 is 14.1. The third kappa shape index (κ3) is 8.67. The molecule has 10 rings (SSSR count). The Balaban J connectivity index is 1.16. The Labute approximate surface area is 408 Å². The summed E-state index contributed by atoms with van der Waals surface area (Å²) in [6, 6.07) is 65.2. The summed E-state index contributed by atoms with van der Waals surface area (Å²) in [5.74, 6) is 3.03. The van der Waals surface area contributed by atoms with Crippen molar-refractivity contribution in [3.63, 3.8) is 0 Å². The first-order valence-electron chi connectivity index (χ1n) is 24.4. The number of aromatic nitrogens is 4. The highest BCUT2D eigenvalue weighted by atomic mass is 16.5. The van der Waals surface area contributed by atoms with Crippen LogP contribution >= 0.6 is 0 Å². The molecular formula is C64H62N4O. The highest BCUT2D eigenvalue weighted by Gasteiger charge is 2.26. The number of hydrogen-bond acceptors (Lipinski definition) is 2. The van der Waals surface area contributed by atoms with Crippen molar-refractivity contribution in [2.45, 2.75) is 91.9 Å². The maximum absolute atomic E-state index is 7.20. The second kappa shape index (κ2) is 17.9. The van der Waals surface area contributed by atoms with Crippen molar-refractivity contribution in [2.75, 3.05) is 0 Å². The van der Waals surface area contributed by atoms with E-state index in [1.165, 1.54) is 22.4 Å². The molecule has 5 heteroatoms. The molecule has 10 aromatic rings. The first-order chi connectivity index (χ1) is 33.1. The summed E-state index contributed by atoms with van der Waals surface area (Å²) in [5.41, 5.74) is 17.5. The summed E-state index contributed by atoms with van der Waals surface area (Å²) in [6.45, 7) is 22.7. The molecular weight excluding hydrogens is 841 g/mol. The first kappa shape index (κ1) is 45.3. The lowest BCUT2D eigenvalue weighted by Gasteiger charge is -2.24. The normalized spacial score (nSPS) is 12.2. The summed E-state index contributed by atoms with van der Waals surface area (Å²) in [6.07, 6.45) is 3.90. The first-order valence-corrected chi connectivity index (χ1v) is 24.4. The fraction of sp³-hybridized carbons (Fsp3) is 0.219. The van der Waals surface area contributed by atoms with Crippen LogP contribution in [0.1, 0.15) is 103 Å². The molecule has 69 heavy (non-hydrogen) atoms. The molecule has 2 heterocycles. The van der Waals surface area contributed by atoms with Crippen molar-refractivity contribution in [2.24, 2.45) is 0 Å². The Morgan fingerprint density at radius 1 is 0.493 bits per heavy atom. The quantitative estimate of drug-likeness (QED) is 0.101. The van der Waals surface area contributed by atoms with E-state index in [0.29, 0.717) is 11.8 Å². The van der Waals surface area contributed by atoms with Crippen molar-refractivity contribution >= 4 is 22.1 Å². The Bertz CT molecular complexity index is 3400. The number of hydrogen-bond donors (Lipinski definition) is 0. The Hall–Kier alpha value is -7.50. The minimum atomic E-state index is -0.186. The maximum atomic E-state index is 7.20. The van der Waals surface area contributed by atoms with E-state index in [9.17, 15) is 0 Å². The lowest BCUT2D eigenvalue weighted by molar-refractivity contribution is -0.572. The third-order valence-corrected chi connectivity index (χ3v) is 13.4. The molecule has 0 N–H and O–H groups in total. The second-order valence-electron chi connectivity index (χ2n) is 21.1. The Morgan fingerprint density at radius 2 is 1.01 bits per heavy atom. The van der Waals surface area contributed by atoms with Crippen LogP contribution in [-0.4, -0.2) is 14.1 Å². The van der Waals surface area contributed by atoms with Crippen molar-refractivity contribution in [3.05, 3.63) is 211 Å². The summed E-state index contributed by atoms with van der Waals surface area (Å²) in [4.78, 5) is 5.44. The molecule has 0 radical (unpaired) electrons. The van der Waals surface area contributed by atoms with Crippen molar-refractivity contribution in [1.82, 2.24) is 14.1 Å². The zero-order chi connectivity index (χ0) is 48.2. The minimum Gasteiger partial charge on any atom is -0.458 e. The van der Waals surface area contributed by atoms with Crippen molar-refractivity contribution in [1.29, 1.82) is 0 Å². The monoisotopic (exact) mass is 902 g/mol. The van der Waals surface area contributed by atoms with Crippen molar-refractivity contribution < 1.29 is 9.30 Å². The van der Waals surface area contributed by atoms with E-state index in [2.05, 4.69) is 271 Å². The molecule has 0 spiro atoms. The van der Waals surface area contributed by atoms with Gasteiger partial charge in [0.15, 0.2) is 0 Å². The topological polar surface area (TPSA) is 35.9 Å². The van der Waals surface area contributed by atoms with Crippen LogP contribution in [0, 0.1) is 6.33 Å². The molecule has 0 saturated carbocycles. The average Bonchev–Trinajstić information content (AvgIpc) is 3.93. The van der Waals surface area contributed by atoms with Crippen LogP contribution in [0.2, 0.25) is 0 Å². The van der Waals surface area contributed by atoms with Gasteiger partial charge in [0.05, 0.1) is 39.1 Å². The molecule has 2 aromatic heterocycles. The molecule has 0 saturated heterocycles. The van der Waals surface area contributed by atoms with Gasteiger partial charge in [-0.05, 0) is 116 Å². The van der Waals surface area contributed by atoms with E-state index in [0.717, 1.165) is 84.1 Å². The average molecular weight is 903 g/mol. The van der Waals surface area contributed by atoms with Gasteiger partial charge in [0.25, 0.3) is 6.33 Å². The van der Waals surface area contributed by atoms with Gasteiger partial charge < -0.3 is 4.74 Å². The standard InChI is InChI=1S/C64H62N4O/c1-42(2)52-27-21-28-53(43(3)4)61(52)68-57-32-18-17-31-56(57)65-62(68)46-35-47(63(5,6)7)38-50(36-46)69-51-39-48(64(8,9)10)37-49(40-51)66-41-67(59-34-20-19-33-58(59)66)60-54(44-23-13-11-14-24-44)29-22-30-55(60)45-25-15-12-16-26-45/h11-40,42-43H,1-10H3. The fourth-order valence-corrected chi connectivity index (χ4v) is 9.68. The number of rotatable bonds is 10. The predicted molar refractivity (Wildman–Crippen MR) is 287 cm³/mol. The lowest BCUT2D eigenvalue weighted by Crippen LogP contribution is -2.30. The van der Waals surface area contributed by atoms with Crippen LogP contribution < -0.4 is 9.30 Å². The van der Waals surface area contributed by atoms with Gasteiger partial charge in [-0.1, -0.05) is 203 Å². The lowest BCUT2D eigenvalue weighted by atomic mass is 9.85. The van der Waals surface area contributed by atoms with Crippen LogP contribution in [0.5, 0.6) is 11.5 Å². The third-order valence-electron chi connectivity index (χ3n) is 13.4. The molecule has 8 aromatic carbocycles. The number of imidazole rings is 2. The largest absolute Gasteiger partial charge is 0.458 e. The van der Waals surface area contributed by atoms with E-state index in [-0.39, 0.29) is 10.8 Å². The molecule has 5 nitrogen and oxygen atoms in total.